The summed E-state index contributed by atoms with van der Waals surface area (Å²) < 4.78 is 11.4. The van der Waals surface area contributed by atoms with E-state index in [1.165, 1.54) is 5.56 Å². The number of rotatable bonds is 3. The average molecular weight is 207 g/mol. The molecule has 82 valence electrons. The molecular formula is C12H17NO2. The van der Waals surface area contributed by atoms with Crippen LogP contribution in [0.4, 0.5) is 0 Å². The molecule has 0 saturated heterocycles. The topological polar surface area (TPSA) is 21.7 Å². The molecule has 0 spiro atoms. The Morgan fingerprint density at radius 2 is 1.93 bits per heavy atom. The van der Waals surface area contributed by atoms with Crippen LogP contribution in [0.1, 0.15) is 30.6 Å². The van der Waals surface area contributed by atoms with E-state index < -0.39 is 0 Å². The van der Waals surface area contributed by atoms with Gasteiger partial charge in [0.05, 0.1) is 0 Å². The Bertz CT molecular complexity index is 338. The minimum Gasteiger partial charge on any atom is -0.349 e. The minimum atomic E-state index is -0.210. The van der Waals surface area contributed by atoms with Crippen molar-refractivity contribution < 1.29 is 9.47 Å². The van der Waals surface area contributed by atoms with E-state index in [2.05, 4.69) is 17.0 Å². The van der Waals surface area contributed by atoms with Gasteiger partial charge in [0.15, 0.2) is 6.29 Å². The molecule has 0 radical (unpaired) electrons. The lowest BCUT2D eigenvalue weighted by Crippen LogP contribution is -2.19. The van der Waals surface area contributed by atoms with Crippen LogP contribution in [0.5, 0.6) is 0 Å². The van der Waals surface area contributed by atoms with E-state index in [1.54, 1.807) is 0 Å². The first-order valence-electron chi connectivity index (χ1n) is 5.26. The summed E-state index contributed by atoms with van der Waals surface area (Å²) in [6, 6.07) is 8.22. The average Bonchev–Trinajstić information content (AvgIpc) is 2.59. The first kappa shape index (κ1) is 10.6. The van der Waals surface area contributed by atoms with Gasteiger partial charge < -0.3 is 9.47 Å². The maximum Gasteiger partial charge on any atom is 0.186 e. The van der Waals surface area contributed by atoms with E-state index in [1.807, 2.05) is 33.2 Å². The van der Waals surface area contributed by atoms with Crippen LogP contribution >= 0.6 is 0 Å². The van der Waals surface area contributed by atoms with Gasteiger partial charge in [-0.3, -0.25) is 4.90 Å². The highest BCUT2D eigenvalue weighted by Gasteiger charge is 2.32. The highest BCUT2D eigenvalue weighted by Crippen LogP contribution is 2.40. The van der Waals surface area contributed by atoms with Gasteiger partial charge in [-0.1, -0.05) is 24.3 Å². The van der Waals surface area contributed by atoms with E-state index in [-0.39, 0.29) is 12.5 Å². The SMILES string of the molecule is CCOC1OC(N(C)C)c2ccccc21. The number of nitrogens with zero attached hydrogens (tertiary/aromatic N) is 1. The first-order valence-corrected chi connectivity index (χ1v) is 5.26. The molecule has 1 aromatic rings. The molecule has 1 aromatic carbocycles. The summed E-state index contributed by atoms with van der Waals surface area (Å²) in [4.78, 5) is 2.05. The van der Waals surface area contributed by atoms with Crippen LogP contribution in [0.3, 0.4) is 0 Å². The van der Waals surface area contributed by atoms with E-state index in [0.29, 0.717) is 6.61 Å². The molecule has 0 N–H and O–H groups in total. The second kappa shape index (κ2) is 4.31. The lowest BCUT2D eigenvalue weighted by Gasteiger charge is -2.20. The highest BCUT2D eigenvalue weighted by molar-refractivity contribution is 5.32. The van der Waals surface area contributed by atoms with Gasteiger partial charge >= 0.3 is 0 Å². The zero-order chi connectivity index (χ0) is 10.8. The van der Waals surface area contributed by atoms with Crippen molar-refractivity contribution in [3.63, 3.8) is 0 Å². The fourth-order valence-electron chi connectivity index (χ4n) is 1.89. The quantitative estimate of drug-likeness (QED) is 0.759. The summed E-state index contributed by atoms with van der Waals surface area (Å²) in [7, 11) is 4.02. The molecule has 0 amide bonds. The molecule has 2 atom stereocenters. The molecule has 2 rings (SSSR count). The van der Waals surface area contributed by atoms with E-state index in [0.717, 1.165) is 5.56 Å². The highest BCUT2D eigenvalue weighted by atomic mass is 16.7. The van der Waals surface area contributed by atoms with Gasteiger partial charge in [0, 0.05) is 17.7 Å². The predicted octanol–water partition coefficient (Wildman–Crippen LogP) is 2.31. The van der Waals surface area contributed by atoms with Gasteiger partial charge in [-0.05, 0) is 21.0 Å². The van der Waals surface area contributed by atoms with Crippen LogP contribution in [-0.2, 0) is 9.47 Å². The molecule has 0 fully saturated rings. The molecule has 1 aliphatic heterocycles. The summed E-state index contributed by atoms with van der Waals surface area (Å²) in [6.07, 6.45) is -0.198. The standard InChI is InChI=1S/C12H17NO2/c1-4-14-12-10-8-6-5-7-9(10)11(15-12)13(2)3/h5-8,11-12H,4H2,1-3H3. The van der Waals surface area contributed by atoms with Gasteiger partial charge in [-0.2, -0.15) is 0 Å². The number of fused-ring (bicyclic) bond motifs is 1. The van der Waals surface area contributed by atoms with Crippen molar-refractivity contribution in [1.82, 2.24) is 4.90 Å². The normalized spacial score (nSPS) is 24.5. The van der Waals surface area contributed by atoms with Crippen molar-refractivity contribution in [2.24, 2.45) is 0 Å². The fraction of sp³-hybridized carbons (Fsp3) is 0.500. The molecule has 0 aromatic heterocycles. The molecule has 0 saturated carbocycles. The van der Waals surface area contributed by atoms with Gasteiger partial charge in [-0.25, -0.2) is 0 Å². The number of hydrogen-bond donors (Lipinski definition) is 0. The number of hydrogen-bond acceptors (Lipinski definition) is 3. The smallest absolute Gasteiger partial charge is 0.186 e. The lowest BCUT2D eigenvalue weighted by atomic mass is 10.1. The Hall–Kier alpha value is -0.900. The molecule has 15 heavy (non-hydrogen) atoms. The van der Waals surface area contributed by atoms with Crippen LogP contribution in [-0.4, -0.2) is 25.6 Å². The number of benzene rings is 1. The van der Waals surface area contributed by atoms with Gasteiger partial charge in [0.25, 0.3) is 0 Å². The Balaban J connectivity index is 2.31. The fourth-order valence-corrected chi connectivity index (χ4v) is 1.89. The number of ether oxygens (including phenoxy) is 2. The maximum atomic E-state index is 5.84. The summed E-state index contributed by atoms with van der Waals surface area (Å²) >= 11 is 0. The molecule has 1 aliphatic rings. The van der Waals surface area contributed by atoms with Crippen LogP contribution in [0.15, 0.2) is 24.3 Å². The molecule has 1 heterocycles. The van der Waals surface area contributed by atoms with Crippen LogP contribution < -0.4 is 0 Å². The summed E-state index contributed by atoms with van der Waals surface area (Å²) in [5, 5.41) is 0. The lowest BCUT2D eigenvalue weighted by molar-refractivity contribution is -0.186. The molecule has 2 unspecified atom stereocenters. The Kier molecular flexibility index (Phi) is 3.05. The second-order valence-electron chi connectivity index (χ2n) is 3.87. The van der Waals surface area contributed by atoms with E-state index in [9.17, 15) is 0 Å². The molecule has 3 nitrogen and oxygen atoms in total. The molecular weight excluding hydrogens is 190 g/mol. The maximum absolute atomic E-state index is 5.84. The van der Waals surface area contributed by atoms with Crippen LogP contribution in [0.25, 0.3) is 0 Å². The monoisotopic (exact) mass is 207 g/mol. The largest absolute Gasteiger partial charge is 0.349 e. The van der Waals surface area contributed by atoms with Crippen molar-refractivity contribution in [3.05, 3.63) is 35.4 Å². The van der Waals surface area contributed by atoms with Crippen LogP contribution in [0.2, 0.25) is 0 Å². The van der Waals surface area contributed by atoms with E-state index in [4.69, 9.17) is 9.47 Å². The Labute approximate surface area is 90.6 Å². The minimum absolute atomic E-state index is 0.0118. The third-order valence-corrected chi connectivity index (χ3v) is 2.56. The van der Waals surface area contributed by atoms with Crippen molar-refractivity contribution in [2.75, 3.05) is 20.7 Å². The van der Waals surface area contributed by atoms with Crippen molar-refractivity contribution in [1.29, 1.82) is 0 Å². The Morgan fingerprint density at radius 3 is 2.53 bits per heavy atom. The summed E-state index contributed by atoms with van der Waals surface area (Å²) in [5.41, 5.74) is 2.36. The van der Waals surface area contributed by atoms with Crippen LogP contribution in [0, 0.1) is 0 Å². The van der Waals surface area contributed by atoms with Crippen molar-refractivity contribution >= 4 is 0 Å². The molecule has 3 heteroatoms. The third kappa shape index (κ3) is 1.91. The van der Waals surface area contributed by atoms with Crippen molar-refractivity contribution in [2.45, 2.75) is 19.4 Å². The first-order chi connectivity index (χ1) is 7.24. The summed E-state index contributed by atoms with van der Waals surface area (Å²) in [5.74, 6) is 0. The van der Waals surface area contributed by atoms with Gasteiger partial charge in [0.1, 0.15) is 6.23 Å². The van der Waals surface area contributed by atoms with E-state index >= 15 is 0 Å². The molecule has 0 aliphatic carbocycles. The predicted molar refractivity (Wildman–Crippen MR) is 58.3 cm³/mol. The van der Waals surface area contributed by atoms with Gasteiger partial charge in [0.2, 0.25) is 0 Å². The molecule has 0 bridgehead atoms. The van der Waals surface area contributed by atoms with Gasteiger partial charge in [-0.15, -0.1) is 0 Å². The third-order valence-electron chi connectivity index (χ3n) is 2.56. The Morgan fingerprint density at radius 1 is 1.27 bits per heavy atom. The summed E-state index contributed by atoms with van der Waals surface area (Å²) in [6.45, 7) is 2.65. The zero-order valence-electron chi connectivity index (χ0n) is 9.43. The zero-order valence-corrected chi connectivity index (χ0v) is 9.43. The van der Waals surface area contributed by atoms with Crippen molar-refractivity contribution in [3.8, 4) is 0 Å². The second-order valence-corrected chi connectivity index (χ2v) is 3.87.